The van der Waals surface area contributed by atoms with E-state index in [2.05, 4.69) is 0 Å². The summed E-state index contributed by atoms with van der Waals surface area (Å²) in [5.74, 6) is 0. The van der Waals surface area contributed by atoms with Crippen LogP contribution in [-0.4, -0.2) is 29.9 Å². The Labute approximate surface area is 161 Å². The molecule has 2 aromatic rings. The highest BCUT2D eigenvalue weighted by atomic mass is 35.5. The molecule has 0 fully saturated rings. The molecule has 0 atom stereocenters. The van der Waals surface area contributed by atoms with Crippen LogP contribution in [0.25, 0.3) is 0 Å². The van der Waals surface area contributed by atoms with E-state index in [0.717, 1.165) is 6.07 Å². The van der Waals surface area contributed by atoms with Crippen molar-refractivity contribution in [3.05, 3.63) is 54.1 Å². The molecular formula is C15H16ClF3N2O4S2. The van der Waals surface area contributed by atoms with Crippen LogP contribution in [0.1, 0.15) is 5.56 Å². The highest BCUT2D eigenvalue weighted by Gasteiger charge is 2.38. The van der Waals surface area contributed by atoms with Gasteiger partial charge in [0.25, 0.3) is 0 Å². The van der Waals surface area contributed by atoms with Crippen molar-refractivity contribution in [3.63, 3.8) is 0 Å². The van der Waals surface area contributed by atoms with Crippen molar-refractivity contribution in [1.29, 1.82) is 0 Å². The average molecular weight is 445 g/mol. The summed E-state index contributed by atoms with van der Waals surface area (Å²) >= 11 is 0. The smallest absolute Gasteiger partial charge is 0.329 e. The van der Waals surface area contributed by atoms with Crippen molar-refractivity contribution >= 4 is 32.3 Å². The predicted octanol–water partition coefficient (Wildman–Crippen LogP) is 2.20. The highest BCUT2D eigenvalue weighted by molar-refractivity contribution is 7.91. The maximum atomic E-state index is 13.2. The standard InChI is InChI=1S/C15H15F3N2O4S2.ClH/c16-15(17,18)13-7-6-12(10-14(13)26(23,24)20-9-8-19)25(21,22)11-4-2-1-3-5-11;/h1-7,10,20H,8-9,19H2;1H. The van der Waals surface area contributed by atoms with Crippen molar-refractivity contribution in [2.24, 2.45) is 5.73 Å². The van der Waals surface area contributed by atoms with Gasteiger partial charge in [0.1, 0.15) is 0 Å². The first kappa shape index (κ1) is 23.4. The molecule has 0 unspecified atom stereocenters. The second-order valence-electron chi connectivity index (χ2n) is 5.16. The molecule has 3 N–H and O–H groups in total. The van der Waals surface area contributed by atoms with E-state index in [4.69, 9.17) is 5.73 Å². The Hall–Kier alpha value is -1.66. The molecule has 12 heteroatoms. The molecule has 0 heterocycles. The molecule has 0 aliphatic carbocycles. The van der Waals surface area contributed by atoms with E-state index in [-0.39, 0.29) is 30.4 Å². The van der Waals surface area contributed by atoms with Gasteiger partial charge in [-0.15, -0.1) is 12.4 Å². The van der Waals surface area contributed by atoms with Gasteiger partial charge in [0.2, 0.25) is 19.9 Å². The van der Waals surface area contributed by atoms with Crippen LogP contribution in [0.3, 0.4) is 0 Å². The number of halogens is 4. The van der Waals surface area contributed by atoms with Gasteiger partial charge in [0.05, 0.1) is 20.2 Å². The summed E-state index contributed by atoms with van der Waals surface area (Å²) in [6, 6.07) is 8.64. The molecule has 0 saturated heterocycles. The van der Waals surface area contributed by atoms with E-state index in [1.54, 1.807) is 6.07 Å². The minimum absolute atomic E-state index is 0. The minimum Gasteiger partial charge on any atom is -0.329 e. The van der Waals surface area contributed by atoms with Gasteiger partial charge in [-0.05, 0) is 30.3 Å². The lowest BCUT2D eigenvalue weighted by Gasteiger charge is -2.15. The minimum atomic E-state index is -4.98. The highest BCUT2D eigenvalue weighted by Crippen LogP contribution is 2.36. The molecule has 27 heavy (non-hydrogen) atoms. The fourth-order valence-electron chi connectivity index (χ4n) is 2.13. The Morgan fingerprint density at radius 3 is 2.04 bits per heavy atom. The molecule has 0 saturated carbocycles. The number of nitrogens with one attached hydrogen (secondary N) is 1. The summed E-state index contributed by atoms with van der Waals surface area (Å²) in [5.41, 5.74) is 3.70. The fourth-order valence-corrected chi connectivity index (χ4v) is 4.81. The van der Waals surface area contributed by atoms with Crippen LogP contribution in [0.2, 0.25) is 0 Å². The first-order chi connectivity index (χ1) is 12.0. The Balaban J connectivity index is 0.00000364. The van der Waals surface area contributed by atoms with E-state index >= 15 is 0 Å². The number of hydrogen-bond acceptors (Lipinski definition) is 5. The Morgan fingerprint density at radius 1 is 0.926 bits per heavy atom. The third-order valence-electron chi connectivity index (χ3n) is 3.35. The zero-order valence-corrected chi connectivity index (χ0v) is 16.1. The quantitative estimate of drug-likeness (QED) is 0.710. The number of alkyl halides is 3. The number of benzene rings is 2. The maximum Gasteiger partial charge on any atom is 0.417 e. The van der Waals surface area contributed by atoms with Crippen LogP contribution in [0.4, 0.5) is 13.2 Å². The van der Waals surface area contributed by atoms with E-state index in [1.165, 1.54) is 24.3 Å². The van der Waals surface area contributed by atoms with Crippen LogP contribution in [0, 0.1) is 0 Å². The number of rotatable bonds is 6. The molecule has 0 bridgehead atoms. The van der Waals surface area contributed by atoms with Gasteiger partial charge >= 0.3 is 6.18 Å². The molecule has 6 nitrogen and oxygen atoms in total. The third kappa shape index (κ3) is 5.20. The van der Waals surface area contributed by atoms with Crippen LogP contribution in [0.5, 0.6) is 0 Å². The summed E-state index contributed by atoms with van der Waals surface area (Å²) in [5, 5.41) is 0. The number of nitrogens with two attached hydrogens (primary N) is 1. The summed E-state index contributed by atoms with van der Waals surface area (Å²) in [6.07, 6.45) is -4.98. The molecule has 0 aliphatic heterocycles. The largest absolute Gasteiger partial charge is 0.417 e. The number of hydrogen-bond donors (Lipinski definition) is 2. The Morgan fingerprint density at radius 2 is 1.52 bits per heavy atom. The van der Waals surface area contributed by atoms with E-state index in [9.17, 15) is 30.0 Å². The summed E-state index contributed by atoms with van der Waals surface area (Å²) in [6.45, 7) is -0.433. The molecule has 0 radical (unpaired) electrons. The molecular weight excluding hydrogens is 429 g/mol. The Kier molecular flexibility index (Phi) is 7.42. The van der Waals surface area contributed by atoms with Crippen molar-refractivity contribution in [2.75, 3.05) is 13.1 Å². The van der Waals surface area contributed by atoms with Crippen LogP contribution >= 0.6 is 12.4 Å². The van der Waals surface area contributed by atoms with Gasteiger partial charge in [-0.1, -0.05) is 18.2 Å². The zero-order chi connectivity index (χ0) is 19.6. The molecule has 0 amide bonds. The second kappa shape index (κ2) is 8.57. The van der Waals surface area contributed by atoms with Crippen LogP contribution in [0.15, 0.2) is 63.2 Å². The SMILES string of the molecule is Cl.NCCNS(=O)(=O)c1cc(S(=O)(=O)c2ccccc2)ccc1C(F)(F)F. The summed E-state index contributed by atoms with van der Waals surface area (Å²) in [4.78, 5) is -1.90. The lowest BCUT2D eigenvalue weighted by Crippen LogP contribution is -2.31. The van der Waals surface area contributed by atoms with E-state index < -0.39 is 41.4 Å². The lowest BCUT2D eigenvalue weighted by molar-refractivity contribution is -0.139. The van der Waals surface area contributed by atoms with Gasteiger partial charge in [-0.25, -0.2) is 21.6 Å². The second-order valence-corrected chi connectivity index (χ2v) is 8.84. The van der Waals surface area contributed by atoms with Crippen molar-refractivity contribution in [3.8, 4) is 0 Å². The van der Waals surface area contributed by atoms with Crippen LogP contribution < -0.4 is 10.5 Å². The van der Waals surface area contributed by atoms with Gasteiger partial charge in [-0.2, -0.15) is 13.2 Å². The van der Waals surface area contributed by atoms with E-state index in [0.29, 0.717) is 12.1 Å². The molecule has 0 spiro atoms. The number of sulfonamides is 1. The van der Waals surface area contributed by atoms with Gasteiger partial charge in [0.15, 0.2) is 0 Å². The fraction of sp³-hybridized carbons (Fsp3) is 0.200. The number of sulfone groups is 1. The Bertz CT molecular complexity index is 995. The normalized spacial score (nSPS) is 12.4. The summed E-state index contributed by atoms with van der Waals surface area (Å²) < 4.78 is 91.0. The topological polar surface area (TPSA) is 106 Å². The average Bonchev–Trinajstić information content (AvgIpc) is 2.59. The molecule has 2 aromatic carbocycles. The lowest BCUT2D eigenvalue weighted by atomic mass is 10.2. The van der Waals surface area contributed by atoms with E-state index in [1.807, 2.05) is 4.72 Å². The van der Waals surface area contributed by atoms with Gasteiger partial charge in [0, 0.05) is 13.1 Å². The predicted molar refractivity (Wildman–Crippen MR) is 94.8 cm³/mol. The molecule has 0 aromatic heterocycles. The molecule has 0 aliphatic rings. The third-order valence-corrected chi connectivity index (χ3v) is 6.62. The molecule has 2 rings (SSSR count). The van der Waals surface area contributed by atoms with Crippen molar-refractivity contribution in [2.45, 2.75) is 20.9 Å². The summed E-state index contributed by atoms with van der Waals surface area (Å²) in [7, 11) is -8.80. The molecule has 150 valence electrons. The van der Waals surface area contributed by atoms with Gasteiger partial charge < -0.3 is 5.73 Å². The first-order valence-electron chi connectivity index (χ1n) is 7.21. The zero-order valence-electron chi connectivity index (χ0n) is 13.6. The van der Waals surface area contributed by atoms with Crippen LogP contribution in [-0.2, 0) is 26.0 Å². The van der Waals surface area contributed by atoms with Gasteiger partial charge in [-0.3, -0.25) is 0 Å². The van der Waals surface area contributed by atoms with Crippen molar-refractivity contribution in [1.82, 2.24) is 4.72 Å². The monoisotopic (exact) mass is 444 g/mol. The van der Waals surface area contributed by atoms with Crippen molar-refractivity contribution < 1.29 is 30.0 Å². The maximum absolute atomic E-state index is 13.2. The first-order valence-corrected chi connectivity index (χ1v) is 10.2.